The van der Waals surface area contributed by atoms with Crippen LogP contribution in [0.1, 0.15) is 30.9 Å². The topological polar surface area (TPSA) is 24.5 Å². The molecular formula is C17H27BrN2O. The van der Waals surface area contributed by atoms with Gasteiger partial charge in [0.1, 0.15) is 0 Å². The van der Waals surface area contributed by atoms with Gasteiger partial charge in [-0.3, -0.25) is 0 Å². The van der Waals surface area contributed by atoms with Gasteiger partial charge in [-0.25, -0.2) is 0 Å². The second kappa shape index (κ2) is 8.89. The number of rotatable bonds is 7. The molecule has 3 nitrogen and oxygen atoms in total. The van der Waals surface area contributed by atoms with Gasteiger partial charge in [-0.15, -0.1) is 0 Å². The molecular weight excluding hydrogens is 328 g/mol. The third kappa shape index (κ3) is 5.37. The van der Waals surface area contributed by atoms with E-state index in [0.717, 1.165) is 23.4 Å². The predicted molar refractivity (Wildman–Crippen MR) is 91.6 cm³/mol. The van der Waals surface area contributed by atoms with Crippen molar-refractivity contribution in [3.63, 3.8) is 0 Å². The summed E-state index contributed by atoms with van der Waals surface area (Å²) in [5.74, 6) is 0.762. The largest absolute Gasteiger partial charge is 0.384 e. The van der Waals surface area contributed by atoms with Crippen molar-refractivity contribution in [2.24, 2.45) is 5.92 Å². The minimum absolute atomic E-state index is 0.440. The van der Waals surface area contributed by atoms with Gasteiger partial charge in [0, 0.05) is 24.2 Å². The number of piperidine rings is 1. The van der Waals surface area contributed by atoms with E-state index in [1.54, 1.807) is 0 Å². The van der Waals surface area contributed by atoms with E-state index in [9.17, 15) is 0 Å². The summed E-state index contributed by atoms with van der Waals surface area (Å²) < 4.78 is 6.41. The SMILES string of the molecule is CNC(CCN1CCC(COC)CC1)c1ccc(Br)cc1. The van der Waals surface area contributed by atoms with Crippen molar-refractivity contribution in [2.45, 2.75) is 25.3 Å². The molecule has 1 fully saturated rings. The van der Waals surface area contributed by atoms with Crippen LogP contribution in [-0.2, 0) is 4.74 Å². The Balaban J connectivity index is 1.77. The van der Waals surface area contributed by atoms with Crippen molar-refractivity contribution < 1.29 is 4.74 Å². The van der Waals surface area contributed by atoms with E-state index in [1.807, 2.05) is 7.11 Å². The third-order valence-corrected chi connectivity index (χ3v) is 4.99. The molecule has 0 saturated carbocycles. The van der Waals surface area contributed by atoms with Crippen LogP contribution >= 0.6 is 15.9 Å². The van der Waals surface area contributed by atoms with Crippen LogP contribution in [0, 0.1) is 5.92 Å². The molecule has 1 unspecified atom stereocenters. The van der Waals surface area contributed by atoms with Crippen molar-refractivity contribution in [3.05, 3.63) is 34.3 Å². The maximum Gasteiger partial charge on any atom is 0.0491 e. The van der Waals surface area contributed by atoms with Crippen molar-refractivity contribution in [2.75, 3.05) is 40.4 Å². The van der Waals surface area contributed by atoms with Crippen LogP contribution < -0.4 is 5.32 Å². The molecule has 1 aromatic rings. The highest BCUT2D eigenvalue weighted by molar-refractivity contribution is 9.10. The Morgan fingerprint density at radius 1 is 1.29 bits per heavy atom. The van der Waals surface area contributed by atoms with Crippen LogP contribution in [0.15, 0.2) is 28.7 Å². The first-order valence-corrected chi connectivity index (χ1v) is 8.66. The monoisotopic (exact) mass is 354 g/mol. The summed E-state index contributed by atoms with van der Waals surface area (Å²) in [6, 6.07) is 9.09. The Kier molecular flexibility index (Phi) is 7.17. The average molecular weight is 355 g/mol. The summed E-state index contributed by atoms with van der Waals surface area (Å²) in [6.45, 7) is 4.52. The van der Waals surface area contributed by atoms with Gasteiger partial charge in [-0.2, -0.15) is 0 Å². The van der Waals surface area contributed by atoms with Gasteiger partial charge < -0.3 is 15.0 Å². The van der Waals surface area contributed by atoms with E-state index >= 15 is 0 Å². The molecule has 0 amide bonds. The van der Waals surface area contributed by atoms with Crippen LogP contribution in [0.5, 0.6) is 0 Å². The molecule has 2 rings (SSSR count). The summed E-state index contributed by atoms with van der Waals surface area (Å²) >= 11 is 3.50. The molecule has 0 bridgehead atoms. The van der Waals surface area contributed by atoms with Gasteiger partial charge in [-0.05, 0) is 69.6 Å². The Bertz CT molecular complexity index is 402. The second-order valence-electron chi connectivity index (χ2n) is 5.92. The summed E-state index contributed by atoms with van der Waals surface area (Å²) in [5, 5.41) is 3.44. The number of benzene rings is 1. The number of nitrogens with zero attached hydrogens (tertiary/aromatic N) is 1. The normalized spacial score (nSPS) is 18.8. The quantitative estimate of drug-likeness (QED) is 0.811. The molecule has 0 spiro atoms. The van der Waals surface area contributed by atoms with Gasteiger partial charge in [0.15, 0.2) is 0 Å². The molecule has 1 atom stereocenters. The molecule has 1 N–H and O–H groups in total. The van der Waals surface area contributed by atoms with E-state index in [1.165, 1.54) is 38.0 Å². The van der Waals surface area contributed by atoms with Crippen LogP contribution in [-0.4, -0.2) is 45.3 Å². The van der Waals surface area contributed by atoms with E-state index in [2.05, 4.69) is 57.5 Å². The lowest BCUT2D eigenvalue weighted by molar-refractivity contribution is 0.0979. The highest BCUT2D eigenvalue weighted by Crippen LogP contribution is 2.22. The maximum absolute atomic E-state index is 5.27. The van der Waals surface area contributed by atoms with Gasteiger partial charge >= 0.3 is 0 Å². The van der Waals surface area contributed by atoms with Crippen molar-refractivity contribution in [3.8, 4) is 0 Å². The molecule has 118 valence electrons. The van der Waals surface area contributed by atoms with Crippen LogP contribution in [0.2, 0.25) is 0 Å². The standard InChI is InChI=1S/C17H27BrN2O/c1-19-17(15-3-5-16(18)6-4-15)9-12-20-10-7-14(8-11-20)13-21-2/h3-6,14,17,19H,7-13H2,1-2H3. The zero-order chi connectivity index (χ0) is 15.1. The first-order valence-electron chi connectivity index (χ1n) is 7.87. The smallest absolute Gasteiger partial charge is 0.0491 e. The summed E-state index contributed by atoms with van der Waals surface area (Å²) in [5.41, 5.74) is 1.37. The maximum atomic E-state index is 5.27. The highest BCUT2D eigenvalue weighted by atomic mass is 79.9. The summed E-state index contributed by atoms with van der Waals surface area (Å²) in [6.07, 6.45) is 3.71. The first kappa shape index (κ1) is 16.9. The highest BCUT2D eigenvalue weighted by Gasteiger charge is 2.19. The molecule has 1 aliphatic heterocycles. The molecule has 0 aliphatic carbocycles. The summed E-state index contributed by atoms with van der Waals surface area (Å²) in [4.78, 5) is 2.59. The number of hydrogen-bond acceptors (Lipinski definition) is 3. The number of hydrogen-bond donors (Lipinski definition) is 1. The predicted octanol–water partition coefficient (Wildman–Crippen LogP) is 3.46. The minimum atomic E-state index is 0.440. The fourth-order valence-corrected chi connectivity index (χ4v) is 3.36. The lowest BCUT2D eigenvalue weighted by atomic mass is 9.97. The third-order valence-electron chi connectivity index (χ3n) is 4.46. The first-order chi connectivity index (χ1) is 10.2. The fraction of sp³-hybridized carbons (Fsp3) is 0.647. The van der Waals surface area contributed by atoms with Crippen LogP contribution in [0.3, 0.4) is 0 Å². The molecule has 1 aliphatic rings. The Hall–Kier alpha value is -0.420. The van der Waals surface area contributed by atoms with Gasteiger partial charge in [-0.1, -0.05) is 28.1 Å². The van der Waals surface area contributed by atoms with Gasteiger partial charge in [0.25, 0.3) is 0 Å². The molecule has 0 aromatic heterocycles. The lowest BCUT2D eigenvalue weighted by Crippen LogP contribution is -2.36. The van der Waals surface area contributed by atoms with Crippen molar-refractivity contribution in [1.82, 2.24) is 10.2 Å². The number of methoxy groups -OCH3 is 1. The average Bonchev–Trinajstić information content (AvgIpc) is 2.51. The van der Waals surface area contributed by atoms with Crippen molar-refractivity contribution >= 4 is 15.9 Å². The number of halogens is 1. The molecule has 1 heterocycles. The summed E-state index contributed by atoms with van der Waals surface area (Å²) in [7, 11) is 3.86. The van der Waals surface area contributed by atoms with Crippen molar-refractivity contribution in [1.29, 1.82) is 0 Å². The van der Waals surface area contributed by atoms with Crippen LogP contribution in [0.25, 0.3) is 0 Å². The molecule has 1 saturated heterocycles. The Morgan fingerprint density at radius 3 is 2.52 bits per heavy atom. The number of nitrogens with one attached hydrogen (secondary N) is 1. The molecule has 0 radical (unpaired) electrons. The zero-order valence-electron chi connectivity index (χ0n) is 13.1. The second-order valence-corrected chi connectivity index (χ2v) is 6.84. The van der Waals surface area contributed by atoms with Gasteiger partial charge in [0.05, 0.1) is 0 Å². The van der Waals surface area contributed by atoms with Gasteiger partial charge in [0.2, 0.25) is 0 Å². The number of likely N-dealkylation sites (tertiary alicyclic amines) is 1. The zero-order valence-corrected chi connectivity index (χ0v) is 14.7. The molecule has 4 heteroatoms. The number of ether oxygens (including phenoxy) is 1. The Labute approximate surface area is 137 Å². The molecule has 21 heavy (non-hydrogen) atoms. The van der Waals surface area contributed by atoms with E-state index < -0.39 is 0 Å². The fourth-order valence-electron chi connectivity index (χ4n) is 3.10. The minimum Gasteiger partial charge on any atom is -0.384 e. The lowest BCUT2D eigenvalue weighted by Gasteiger charge is -2.32. The van der Waals surface area contributed by atoms with Crippen LogP contribution in [0.4, 0.5) is 0 Å². The molecule has 1 aromatic carbocycles. The Morgan fingerprint density at radius 2 is 1.95 bits per heavy atom. The van der Waals surface area contributed by atoms with E-state index in [-0.39, 0.29) is 0 Å². The van der Waals surface area contributed by atoms with E-state index in [0.29, 0.717) is 6.04 Å². The van der Waals surface area contributed by atoms with E-state index in [4.69, 9.17) is 4.74 Å².